The van der Waals surface area contributed by atoms with Gasteiger partial charge in [0.15, 0.2) is 5.96 Å². The Morgan fingerprint density at radius 2 is 2.04 bits per heavy atom. The molecule has 7 nitrogen and oxygen atoms in total. The lowest BCUT2D eigenvalue weighted by Gasteiger charge is -2.11. The topological polar surface area (TPSA) is 80.3 Å². The zero-order valence-corrected chi connectivity index (χ0v) is 17.1. The lowest BCUT2D eigenvalue weighted by atomic mass is 10.1. The van der Waals surface area contributed by atoms with Crippen molar-refractivity contribution in [3.8, 4) is 0 Å². The molecule has 0 aliphatic rings. The molecule has 0 bridgehead atoms. The Kier molecular flexibility index (Phi) is 8.80. The van der Waals surface area contributed by atoms with E-state index in [1.807, 2.05) is 19.4 Å². The fourth-order valence-corrected chi connectivity index (χ4v) is 2.38. The molecule has 8 heteroatoms. The van der Waals surface area contributed by atoms with Crippen molar-refractivity contribution in [1.82, 2.24) is 25.6 Å². The van der Waals surface area contributed by atoms with Gasteiger partial charge in [0.1, 0.15) is 5.76 Å². The quantitative estimate of drug-likeness (QED) is 0.388. The molecule has 0 aliphatic heterocycles. The molecule has 0 aromatic carbocycles. The van der Waals surface area contributed by atoms with Gasteiger partial charge in [-0.1, -0.05) is 19.0 Å². The molecule has 24 heavy (non-hydrogen) atoms. The second-order valence-electron chi connectivity index (χ2n) is 5.31. The molecule has 134 valence electrons. The van der Waals surface area contributed by atoms with E-state index in [9.17, 15) is 0 Å². The Morgan fingerprint density at radius 3 is 2.62 bits per heavy atom. The Morgan fingerprint density at radius 1 is 1.25 bits per heavy atom. The number of nitrogens with one attached hydrogen (secondary N) is 2. The van der Waals surface area contributed by atoms with Crippen molar-refractivity contribution in [1.29, 1.82) is 0 Å². The van der Waals surface area contributed by atoms with Crippen LogP contribution in [0, 0.1) is 0 Å². The number of hydrogen-bond donors (Lipinski definition) is 2. The molecule has 2 aromatic rings. The summed E-state index contributed by atoms with van der Waals surface area (Å²) in [6, 6.07) is 0. The van der Waals surface area contributed by atoms with Crippen molar-refractivity contribution in [3.05, 3.63) is 35.0 Å². The Balaban J connectivity index is 0.00000288. The van der Waals surface area contributed by atoms with E-state index in [1.165, 1.54) is 0 Å². The molecule has 2 heterocycles. The van der Waals surface area contributed by atoms with Crippen LogP contribution >= 0.6 is 24.0 Å². The van der Waals surface area contributed by atoms with Gasteiger partial charge in [-0.15, -0.1) is 24.0 Å². The van der Waals surface area contributed by atoms with Crippen molar-refractivity contribution in [2.45, 2.75) is 46.7 Å². The monoisotopic (exact) mass is 446 g/mol. The fourth-order valence-electron chi connectivity index (χ4n) is 2.38. The number of rotatable bonds is 7. The molecule has 2 N–H and O–H groups in total. The maximum atomic E-state index is 5.40. The van der Waals surface area contributed by atoms with Crippen LogP contribution in [-0.2, 0) is 33.0 Å². The van der Waals surface area contributed by atoms with E-state index >= 15 is 0 Å². The summed E-state index contributed by atoms with van der Waals surface area (Å²) in [6.45, 7) is 8.27. The first-order chi connectivity index (χ1) is 11.2. The predicted molar refractivity (Wildman–Crippen MR) is 106 cm³/mol. The molecule has 2 rings (SSSR count). The second-order valence-corrected chi connectivity index (χ2v) is 5.31. The molecule has 0 saturated carbocycles. The van der Waals surface area contributed by atoms with Crippen molar-refractivity contribution in [3.63, 3.8) is 0 Å². The number of halogens is 1. The highest BCUT2D eigenvalue weighted by Crippen LogP contribution is 2.15. The molecule has 2 aromatic heterocycles. The predicted octanol–water partition coefficient (Wildman–Crippen LogP) is 2.41. The summed E-state index contributed by atoms with van der Waals surface area (Å²) in [4.78, 5) is 4.60. The molecule has 0 fully saturated rings. The van der Waals surface area contributed by atoms with Crippen molar-refractivity contribution >= 4 is 29.9 Å². The molecule has 0 amide bonds. The third kappa shape index (κ3) is 5.50. The van der Waals surface area contributed by atoms with Crippen LogP contribution in [0.4, 0.5) is 0 Å². The maximum Gasteiger partial charge on any atom is 0.191 e. The molecule has 0 atom stereocenters. The van der Waals surface area contributed by atoms with E-state index in [4.69, 9.17) is 4.52 Å². The molecule has 0 aliphatic carbocycles. The van der Waals surface area contributed by atoms with Crippen LogP contribution in [0.1, 0.15) is 43.4 Å². The minimum Gasteiger partial charge on any atom is -0.361 e. The molecule has 0 radical (unpaired) electrons. The van der Waals surface area contributed by atoms with Gasteiger partial charge in [0.25, 0.3) is 0 Å². The fraction of sp³-hybridized carbons (Fsp3) is 0.562. The van der Waals surface area contributed by atoms with Crippen LogP contribution in [-0.4, -0.2) is 27.4 Å². The largest absolute Gasteiger partial charge is 0.361 e. The van der Waals surface area contributed by atoms with Crippen LogP contribution in [0.25, 0.3) is 0 Å². The first-order valence-corrected chi connectivity index (χ1v) is 8.13. The standard InChI is InChI=1S/C16H26N6O.HI/c1-5-14-13(15(6-2)23-21-14)10-19-16(17-7-3)18-8-12-9-20-22(4)11-12;/h9,11H,5-8,10H2,1-4H3,(H2,17,18,19);1H. The van der Waals surface area contributed by atoms with Crippen LogP contribution < -0.4 is 10.6 Å². The maximum absolute atomic E-state index is 5.40. The number of aliphatic imine (C=N–C) groups is 1. The van der Waals surface area contributed by atoms with Crippen LogP contribution in [0.5, 0.6) is 0 Å². The third-order valence-electron chi connectivity index (χ3n) is 3.56. The summed E-state index contributed by atoms with van der Waals surface area (Å²) < 4.78 is 7.18. The number of aryl methyl sites for hydroxylation is 3. The molecule has 0 saturated heterocycles. The van der Waals surface area contributed by atoms with E-state index in [1.54, 1.807) is 4.68 Å². The van der Waals surface area contributed by atoms with Crippen molar-refractivity contribution in [2.24, 2.45) is 12.0 Å². The second kappa shape index (κ2) is 10.3. The SMILES string of the molecule is CCNC(=NCc1cnn(C)c1)NCc1c(CC)noc1CC.I. The number of guanidine groups is 1. The lowest BCUT2D eigenvalue weighted by molar-refractivity contribution is 0.380. The van der Waals surface area contributed by atoms with Crippen molar-refractivity contribution < 1.29 is 4.52 Å². The van der Waals surface area contributed by atoms with E-state index in [0.29, 0.717) is 13.1 Å². The first kappa shape index (κ1) is 20.5. The number of nitrogens with zero attached hydrogens (tertiary/aromatic N) is 4. The highest BCUT2D eigenvalue weighted by molar-refractivity contribution is 14.0. The summed E-state index contributed by atoms with van der Waals surface area (Å²) in [5, 5.41) is 14.9. The Hall–Kier alpha value is -1.58. The van der Waals surface area contributed by atoms with Gasteiger partial charge in [0.2, 0.25) is 0 Å². The first-order valence-electron chi connectivity index (χ1n) is 8.13. The smallest absolute Gasteiger partial charge is 0.191 e. The van der Waals surface area contributed by atoms with Crippen LogP contribution in [0.15, 0.2) is 21.9 Å². The summed E-state index contributed by atoms with van der Waals surface area (Å²) >= 11 is 0. The van der Waals surface area contributed by atoms with Gasteiger partial charge in [-0.25, -0.2) is 4.99 Å². The van der Waals surface area contributed by atoms with Gasteiger partial charge < -0.3 is 15.2 Å². The van der Waals surface area contributed by atoms with Gasteiger partial charge in [0, 0.05) is 43.9 Å². The average Bonchev–Trinajstić information content (AvgIpc) is 3.15. The number of aromatic nitrogens is 3. The van der Waals surface area contributed by atoms with Gasteiger partial charge in [0.05, 0.1) is 18.4 Å². The van der Waals surface area contributed by atoms with Gasteiger partial charge in [-0.3, -0.25) is 4.68 Å². The highest BCUT2D eigenvalue weighted by atomic mass is 127. The van der Waals surface area contributed by atoms with Gasteiger partial charge in [-0.2, -0.15) is 5.10 Å². The average molecular weight is 446 g/mol. The minimum absolute atomic E-state index is 0. The summed E-state index contributed by atoms with van der Waals surface area (Å²) in [5.41, 5.74) is 3.23. The van der Waals surface area contributed by atoms with E-state index in [-0.39, 0.29) is 24.0 Å². The van der Waals surface area contributed by atoms with Crippen molar-refractivity contribution in [2.75, 3.05) is 6.54 Å². The highest BCUT2D eigenvalue weighted by Gasteiger charge is 2.13. The normalized spacial score (nSPS) is 11.2. The lowest BCUT2D eigenvalue weighted by Crippen LogP contribution is -2.37. The number of hydrogen-bond acceptors (Lipinski definition) is 4. The Bertz CT molecular complexity index is 627. The van der Waals surface area contributed by atoms with E-state index in [0.717, 1.165) is 47.9 Å². The van der Waals surface area contributed by atoms with E-state index in [2.05, 4.69) is 46.7 Å². The Labute approximate surface area is 160 Å². The van der Waals surface area contributed by atoms with E-state index < -0.39 is 0 Å². The molecular weight excluding hydrogens is 419 g/mol. The molecule has 0 unspecified atom stereocenters. The summed E-state index contributed by atoms with van der Waals surface area (Å²) in [5.74, 6) is 1.72. The van der Waals surface area contributed by atoms with Gasteiger partial charge >= 0.3 is 0 Å². The zero-order valence-electron chi connectivity index (χ0n) is 14.8. The zero-order chi connectivity index (χ0) is 16.7. The molecule has 0 spiro atoms. The summed E-state index contributed by atoms with van der Waals surface area (Å²) in [6.07, 6.45) is 5.51. The minimum atomic E-state index is 0. The third-order valence-corrected chi connectivity index (χ3v) is 3.56. The summed E-state index contributed by atoms with van der Waals surface area (Å²) in [7, 11) is 1.90. The molecular formula is C16H27IN6O. The van der Waals surface area contributed by atoms with Crippen LogP contribution in [0.3, 0.4) is 0 Å². The van der Waals surface area contributed by atoms with Crippen LogP contribution in [0.2, 0.25) is 0 Å². The van der Waals surface area contributed by atoms with Gasteiger partial charge in [-0.05, 0) is 13.3 Å².